The third kappa shape index (κ3) is 3.02. The Morgan fingerprint density at radius 3 is 2.97 bits per heavy atom. The van der Waals surface area contributed by atoms with Crippen LogP contribution in [0.2, 0.25) is 0 Å². The average Bonchev–Trinajstić information content (AvgIpc) is 3.48. The number of aromatic nitrogens is 3. The molecule has 2 fully saturated rings. The minimum atomic E-state index is -0.686. The molecule has 156 valence electrons. The number of rotatable bonds is 6. The number of hydrogen-bond acceptors (Lipinski definition) is 5. The molecule has 0 N–H and O–H groups in total. The van der Waals surface area contributed by atoms with Crippen LogP contribution in [0.4, 0.5) is 0 Å². The van der Waals surface area contributed by atoms with E-state index >= 15 is 0 Å². The molecule has 1 spiro atoms. The van der Waals surface area contributed by atoms with E-state index in [2.05, 4.69) is 10.1 Å². The van der Waals surface area contributed by atoms with Gasteiger partial charge >= 0.3 is 0 Å². The zero-order valence-electron chi connectivity index (χ0n) is 17.1. The standard InChI is InChI=1S/C22H25N5O3/c1-25(9-6-16-11-24-26(2)12-16)20(28)18-17-5-7-22(30-17)14-27(21(29)19(18)22)13-15-4-3-8-23-10-15/h3-5,7-8,10-12,17-19H,6,9,13-14H2,1-2H3/t17-,18?,19?,22-/m1/s1. The van der Waals surface area contributed by atoms with E-state index in [9.17, 15) is 9.59 Å². The number of carbonyl (C=O) groups excluding carboxylic acids is 2. The third-order valence-corrected chi connectivity index (χ3v) is 6.43. The smallest absolute Gasteiger partial charge is 0.230 e. The lowest BCUT2D eigenvalue weighted by molar-refractivity contribution is -0.142. The number of hydrogen-bond donors (Lipinski definition) is 0. The van der Waals surface area contributed by atoms with Crippen molar-refractivity contribution in [2.75, 3.05) is 20.1 Å². The fourth-order valence-corrected chi connectivity index (χ4v) is 4.97. The van der Waals surface area contributed by atoms with E-state index in [0.29, 0.717) is 19.6 Å². The van der Waals surface area contributed by atoms with Crippen LogP contribution in [0, 0.1) is 11.8 Å². The second kappa shape index (κ2) is 7.05. The molecule has 3 aliphatic rings. The van der Waals surface area contributed by atoms with Crippen LogP contribution in [-0.2, 0) is 34.3 Å². The van der Waals surface area contributed by atoms with Crippen LogP contribution in [0.1, 0.15) is 11.1 Å². The van der Waals surface area contributed by atoms with E-state index in [1.54, 1.807) is 33.9 Å². The molecular formula is C22H25N5O3. The van der Waals surface area contributed by atoms with Crippen LogP contribution in [0.3, 0.4) is 0 Å². The molecule has 2 aromatic heterocycles. The highest BCUT2D eigenvalue weighted by atomic mass is 16.5. The van der Waals surface area contributed by atoms with Gasteiger partial charge in [-0.05, 0) is 23.6 Å². The minimum absolute atomic E-state index is 0.00953. The SMILES string of the molecule is CN(CCc1cnn(C)c1)C(=O)C1C2C(=O)N(Cc3cccnc3)C[C@]23C=C[C@H]1O3. The Labute approximate surface area is 175 Å². The van der Waals surface area contributed by atoms with Gasteiger partial charge in [0, 0.05) is 45.8 Å². The van der Waals surface area contributed by atoms with Gasteiger partial charge in [0.2, 0.25) is 11.8 Å². The maximum atomic E-state index is 13.3. The monoisotopic (exact) mass is 407 g/mol. The molecule has 0 aliphatic carbocycles. The number of amides is 2. The number of likely N-dealkylation sites (tertiary alicyclic amines) is 1. The topological polar surface area (TPSA) is 80.6 Å². The summed E-state index contributed by atoms with van der Waals surface area (Å²) in [6.07, 6.45) is 11.6. The van der Waals surface area contributed by atoms with Crippen molar-refractivity contribution in [3.8, 4) is 0 Å². The fourth-order valence-electron chi connectivity index (χ4n) is 4.97. The molecular weight excluding hydrogens is 382 g/mol. The largest absolute Gasteiger partial charge is 0.360 e. The molecule has 2 saturated heterocycles. The zero-order valence-corrected chi connectivity index (χ0v) is 17.1. The fraction of sp³-hybridized carbons (Fsp3) is 0.455. The van der Waals surface area contributed by atoms with E-state index < -0.39 is 17.4 Å². The first-order valence-electron chi connectivity index (χ1n) is 10.2. The average molecular weight is 407 g/mol. The summed E-state index contributed by atoms with van der Waals surface area (Å²) in [5, 5.41) is 4.17. The summed E-state index contributed by atoms with van der Waals surface area (Å²) in [6, 6.07) is 3.82. The molecule has 2 amide bonds. The predicted octanol–water partition coefficient (Wildman–Crippen LogP) is 0.798. The van der Waals surface area contributed by atoms with Crippen molar-refractivity contribution in [2.45, 2.75) is 24.7 Å². The molecule has 0 radical (unpaired) electrons. The summed E-state index contributed by atoms with van der Waals surface area (Å²) in [5.74, 6) is -0.973. The molecule has 30 heavy (non-hydrogen) atoms. The molecule has 2 aromatic rings. The summed E-state index contributed by atoms with van der Waals surface area (Å²) in [4.78, 5) is 34.3. The van der Waals surface area contributed by atoms with Gasteiger partial charge in [-0.3, -0.25) is 19.3 Å². The van der Waals surface area contributed by atoms with Crippen molar-refractivity contribution < 1.29 is 14.3 Å². The zero-order chi connectivity index (χ0) is 20.9. The van der Waals surface area contributed by atoms with Crippen molar-refractivity contribution in [3.63, 3.8) is 0 Å². The first kappa shape index (κ1) is 19.0. The Morgan fingerprint density at radius 2 is 2.23 bits per heavy atom. The maximum absolute atomic E-state index is 13.3. The Bertz CT molecular complexity index is 1000. The summed E-state index contributed by atoms with van der Waals surface area (Å²) in [6.45, 7) is 1.52. The lowest BCUT2D eigenvalue weighted by Gasteiger charge is -2.27. The maximum Gasteiger partial charge on any atom is 0.230 e. The van der Waals surface area contributed by atoms with Crippen LogP contribution in [0.5, 0.6) is 0 Å². The van der Waals surface area contributed by atoms with Crippen molar-refractivity contribution in [1.82, 2.24) is 24.6 Å². The van der Waals surface area contributed by atoms with Gasteiger partial charge in [-0.2, -0.15) is 5.10 Å². The third-order valence-electron chi connectivity index (χ3n) is 6.43. The van der Waals surface area contributed by atoms with Gasteiger partial charge in [0.05, 0.1) is 30.7 Å². The van der Waals surface area contributed by atoms with E-state index in [-0.39, 0.29) is 17.9 Å². The van der Waals surface area contributed by atoms with E-state index in [1.165, 1.54) is 0 Å². The first-order valence-corrected chi connectivity index (χ1v) is 10.2. The quantitative estimate of drug-likeness (QED) is 0.662. The second-order valence-electron chi connectivity index (χ2n) is 8.49. The van der Waals surface area contributed by atoms with Gasteiger partial charge in [0.1, 0.15) is 5.60 Å². The number of ether oxygens (including phenoxy) is 1. The number of carbonyl (C=O) groups is 2. The highest BCUT2D eigenvalue weighted by molar-refractivity contribution is 5.93. The van der Waals surface area contributed by atoms with Gasteiger partial charge < -0.3 is 14.5 Å². The second-order valence-corrected chi connectivity index (χ2v) is 8.49. The lowest BCUT2D eigenvalue weighted by atomic mass is 9.76. The normalized spacial score (nSPS) is 28.9. The molecule has 3 aliphatic heterocycles. The van der Waals surface area contributed by atoms with E-state index in [1.807, 2.05) is 43.7 Å². The van der Waals surface area contributed by atoms with Gasteiger partial charge in [-0.1, -0.05) is 18.2 Å². The molecule has 0 aromatic carbocycles. The molecule has 4 atom stereocenters. The first-order chi connectivity index (χ1) is 14.5. The Morgan fingerprint density at radius 1 is 1.37 bits per heavy atom. The van der Waals surface area contributed by atoms with Gasteiger partial charge in [-0.25, -0.2) is 0 Å². The van der Waals surface area contributed by atoms with Crippen LogP contribution < -0.4 is 0 Å². The van der Waals surface area contributed by atoms with Crippen LogP contribution in [0.25, 0.3) is 0 Å². The summed E-state index contributed by atoms with van der Waals surface area (Å²) in [5.41, 5.74) is 1.36. The van der Waals surface area contributed by atoms with Gasteiger partial charge in [0.15, 0.2) is 0 Å². The molecule has 2 bridgehead atoms. The molecule has 8 nitrogen and oxygen atoms in total. The van der Waals surface area contributed by atoms with Crippen molar-refractivity contribution in [1.29, 1.82) is 0 Å². The Kier molecular flexibility index (Phi) is 4.47. The molecule has 5 heterocycles. The number of fused-ring (bicyclic) bond motifs is 1. The summed E-state index contributed by atoms with van der Waals surface area (Å²) in [7, 11) is 3.67. The predicted molar refractivity (Wildman–Crippen MR) is 108 cm³/mol. The highest BCUT2D eigenvalue weighted by Crippen LogP contribution is 2.52. The van der Waals surface area contributed by atoms with Crippen molar-refractivity contribution in [2.24, 2.45) is 18.9 Å². The van der Waals surface area contributed by atoms with E-state index in [0.717, 1.165) is 17.5 Å². The van der Waals surface area contributed by atoms with Gasteiger partial charge in [-0.15, -0.1) is 0 Å². The molecule has 5 rings (SSSR count). The van der Waals surface area contributed by atoms with Crippen LogP contribution >= 0.6 is 0 Å². The lowest BCUT2D eigenvalue weighted by Crippen LogP contribution is -2.45. The van der Waals surface area contributed by atoms with Crippen molar-refractivity contribution >= 4 is 11.8 Å². The summed E-state index contributed by atoms with van der Waals surface area (Å²) >= 11 is 0. The van der Waals surface area contributed by atoms with Crippen molar-refractivity contribution in [3.05, 3.63) is 60.2 Å². The highest BCUT2D eigenvalue weighted by Gasteiger charge is 2.67. The molecule has 2 unspecified atom stereocenters. The number of likely N-dealkylation sites (N-methyl/N-ethyl adjacent to an activating group) is 1. The van der Waals surface area contributed by atoms with Crippen LogP contribution in [0.15, 0.2) is 49.1 Å². The summed E-state index contributed by atoms with van der Waals surface area (Å²) < 4.78 is 7.98. The molecule has 0 saturated carbocycles. The molecule has 8 heteroatoms. The van der Waals surface area contributed by atoms with Gasteiger partial charge in [0.25, 0.3) is 0 Å². The van der Waals surface area contributed by atoms with Crippen LogP contribution in [-0.4, -0.2) is 68.2 Å². The number of nitrogens with zero attached hydrogens (tertiary/aromatic N) is 5. The number of aryl methyl sites for hydroxylation is 1. The minimum Gasteiger partial charge on any atom is -0.360 e. The Balaban J connectivity index is 1.31. The van der Waals surface area contributed by atoms with E-state index in [4.69, 9.17) is 4.74 Å². The Hall–Kier alpha value is -3.00. The number of pyridine rings is 1.